The fourth-order valence-electron chi connectivity index (χ4n) is 3.16. The van der Waals surface area contributed by atoms with E-state index in [-0.39, 0.29) is 5.92 Å². The van der Waals surface area contributed by atoms with Crippen molar-refractivity contribution in [2.75, 3.05) is 5.75 Å². The summed E-state index contributed by atoms with van der Waals surface area (Å²) < 4.78 is 0. The molecule has 3 aromatic carbocycles. The van der Waals surface area contributed by atoms with E-state index >= 15 is 0 Å². The van der Waals surface area contributed by atoms with Gasteiger partial charge in [-0.25, -0.2) is 4.98 Å². The number of nitrogens with one attached hydrogen (secondary N) is 1. The van der Waals surface area contributed by atoms with Gasteiger partial charge in [0.25, 0.3) is 0 Å². The number of nitrogens with zero attached hydrogens (tertiary/aromatic N) is 1. The minimum atomic E-state index is 0.276. The molecule has 0 saturated heterocycles. The van der Waals surface area contributed by atoms with Crippen molar-refractivity contribution in [3.63, 3.8) is 0 Å². The third kappa shape index (κ3) is 3.47. The van der Waals surface area contributed by atoms with Crippen molar-refractivity contribution in [2.24, 2.45) is 0 Å². The lowest BCUT2D eigenvalue weighted by molar-refractivity contribution is 0.725. The molecule has 0 amide bonds. The molecule has 0 aliphatic carbocycles. The molecule has 0 aliphatic heterocycles. The normalized spacial score (nSPS) is 12.4. The predicted molar refractivity (Wildman–Crippen MR) is 108 cm³/mol. The van der Waals surface area contributed by atoms with E-state index in [1.54, 1.807) is 0 Å². The fraction of sp³-hybridized carbons (Fsp3) is 0.136. The summed E-state index contributed by atoms with van der Waals surface area (Å²) in [7, 11) is 0. The number of rotatable bonds is 5. The number of aromatic nitrogens is 2. The van der Waals surface area contributed by atoms with Gasteiger partial charge in [0.05, 0.1) is 11.0 Å². The fourth-order valence-corrected chi connectivity index (χ4v) is 3.46. The van der Waals surface area contributed by atoms with Crippen LogP contribution in [0, 0.1) is 0 Å². The largest absolute Gasteiger partial charge is 0.342 e. The van der Waals surface area contributed by atoms with Gasteiger partial charge in [0.1, 0.15) is 5.82 Å². The lowest BCUT2D eigenvalue weighted by Crippen LogP contribution is -2.06. The highest BCUT2D eigenvalue weighted by molar-refractivity contribution is 7.80. The number of imidazole rings is 1. The van der Waals surface area contributed by atoms with Crippen LogP contribution in [0.2, 0.25) is 0 Å². The molecular weight excluding hydrogens is 324 g/mol. The number of hydrogen-bond donors (Lipinski definition) is 2. The van der Waals surface area contributed by atoms with Gasteiger partial charge in [-0.15, -0.1) is 0 Å². The number of para-hydroxylation sites is 2. The van der Waals surface area contributed by atoms with Crippen LogP contribution < -0.4 is 0 Å². The molecule has 0 spiro atoms. The molecule has 3 heteroatoms. The Morgan fingerprint density at radius 3 is 2.20 bits per heavy atom. The van der Waals surface area contributed by atoms with E-state index in [2.05, 4.69) is 72.2 Å². The first kappa shape index (κ1) is 16.0. The quantitative estimate of drug-likeness (QED) is 0.461. The van der Waals surface area contributed by atoms with Crippen LogP contribution in [0.5, 0.6) is 0 Å². The first-order valence-corrected chi connectivity index (χ1v) is 9.16. The van der Waals surface area contributed by atoms with Gasteiger partial charge in [0, 0.05) is 11.7 Å². The van der Waals surface area contributed by atoms with Gasteiger partial charge >= 0.3 is 0 Å². The van der Waals surface area contributed by atoms with Gasteiger partial charge in [-0.05, 0) is 35.2 Å². The van der Waals surface area contributed by atoms with Gasteiger partial charge in [0.2, 0.25) is 0 Å². The molecule has 0 unspecified atom stereocenters. The van der Waals surface area contributed by atoms with Crippen molar-refractivity contribution in [1.29, 1.82) is 0 Å². The SMILES string of the molecule is SC[C@@H](Cc1ccc(-c2ccccc2)cc1)c1nc2ccccc2[nH]1. The second-order valence-electron chi connectivity index (χ2n) is 6.29. The average Bonchev–Trinajstić information content (AvgIpc) is 3.11. The zero-order valence-corrected chi connectivity index (χ0v) is 14.8. The molecule has 4 rings (SSSR count). The Labute approximate surface area is 153 Å². The Balaban J connectivity index is 1.55. The maximum Gasteiger partial charge on any atom is 0.111 e. The minimum absolute atomic E-state index is 0.276. The van der Waals surface area contributed by atoms with Crippen molar-refractivity contribution < 1.29 is 0 Å². The summed E-state index contributed by atoms with van der Waals surface area (Å²) in [5.74, 6) is 2.06. The van der Waals surface area contributed by atoms with Gasteiger partial charge in [-0.2, -0.15) is 12.6 Å². The van der Waals surface area contributed by atoms with Crippen molar-refractivity contribution in [3.8, 4) is 11.1 Å². The first-order valence-electron chi connectivity index (χ1n) is 8.53. The summed E-state index contributed by atoms with van der Waals surface area (Å²) in [6, 6.07) is 27.4. The molecule has 1 atom stereocenters. The maximum atomic E-state index is 4.74. The third-order valence-corrected chi connectivity index (χ3v) is 5.00. The van der Waals surface area contributed by atoms with Gasteiger partial charge in [-0.3, -0.25) is 0 Å². The molecule has 0 saturated carbocycles. The van der Waals surface area contributed by atoms with E-state index in [1.165, 1.54) is 16.7 Å². The molecule has 0 radical (unpaired) electrons. The second kappa shape index (κ2) is 7.16. The van der Waals surface area contributed by atoms with Gasteiger partial charge in [0.15, 0.2) is 0 Å². The number of aromatic amines is 1. The molecule has 124 valence electrons. The highest BCUT2D eigenvalue weighted by atomic mass is 32.1. The second-order valence-corrected chi connectivity index (χ2v) is 6.65. The minimum Gasteiger partial charge on any atom is -0.342 e. The topological polar surface area (TPSA) is 28.7 Å². The molecule has 0 bridgehead atoms. The van der Waals surface area contributed by atoms with Crippen molar-refractivity contribution in [3.05, 3.63) is 90.3 Å². The van der Waals surface area contributed by atoms with Crippen LogP contribution in [0.25, 0.3) is 22.2 Å². The van der Waals surface area contributed by atoms with Gasteiger partial charge < -0.3 is 4.98 Å². The van der Waals surface area contributed by atoms with E-state index in [0.717, 1.165) is 29.0 Å². The van der Waals surface area contributed by atoms with Crippen molar-refractivity contribution in [1.82, 2.24) is 9.97 Å². The van der Waals surface area contributed by atoms with Crippen molar-refractivity contribution in [2.45, 2.75) is 12.3 Å². The number of thiol groups is 1. The number of benzene rings is 3. The molecule has 0 aliphatic rings. The Morgan fingerprint density at radius 1 is 0.800 bits per heavy atom. The zero-order chi connectivity index (χ0) is 17.1. The van der Waals surface area contributed by atoms with Crippen LogP contribution >= 0.6 is 12.6 Å². The van der Waals surface area contributed by atoms with E-state index < -0.39 is 0 Å². The van der Waals surface area contributed by atoms with E-state index in [4.69, 9.17) is 4.98 Å². The zero-order valence-electron chi connectivity index (χ0n) is 13.9. The molecule has 25 heavy (non-hydrogen) atoms. The Kier molecular flexibility index (Phi) is 4.57. The highest BCUT2D eigenvalue weighted by Crippen LogP contribution is 2.25. The third-order valence-electron chi connectivity index (χ3n) is 4.56. The standard InChI is InChI=1S/C22H20N2S/c25-15-19(22-23-20-8-4-5-9-21(20)24-22)14-16-10-12-18(13-11-16)17-6-2-1-3-7-17/h1-13,19,25H,14-15H2,(H,23,24)/t19-/m1/s1. The number of H-pyrrole nitrogens is 1. The molecular formula is C22H20N2S. The lowest BCUT2D eigenvalue weighted by atomic mass is 9.97. The first-order chi connectivity index (χ1) is 12.3. The Hall–Kier alpha value is -2.52. The molecule has 1 N–H and O–H groups in total. The lowest BCUT2D eigenvalue weighted by Gasteiger charge is -2.12. The van der Waals surface area contributed by atoms with Crippen LogP contribution in [-0.2, 0) is 6.42 Å². The van der Waals surface area contributed by atoms with Gasteiger partial charge in [-0.1, -0.05) is 66.7 Å². The molecule has 4 aromatic rings. The average molecular weight is 344 g/mol. The van der Waals surface area contributed by atoms with Crippen LogP contribution in [0.15, 0.2) is 78.9 Å². The van der Waals surface area contributed by atoms with Crippen LogP contribution in [-0.4, -0.2) is 15.7 Å². The number of hydrogen-bond acceptors (Lipinski definition) is 2. The van der Waals surface area contributed by atoms with E-state index in [0.29, 0.717) is 0 Å². The van der Waals surface area contributed by atoms with Crippen LogP contribution in [0.4, 0.5) is 0 Å². The highest BCUT2D eigenvalue weighted by Gasteiger charge is 2.15. The van der Waals surface area contributed by atoms with E-state index in [1.807, 2.05) is 24.3 Å². The Bertz CT molecular complexity index is 925. The summed E-state index contributed by atoms with van der Waals surface area (Å²) >= 11 is 4.56. The molecule has 1 aromatic heterocycles. The van der Waals surface area contributed by atoms with Crippen molar-refractivity contribution >= 4 is 23.7 Å². The molecule has 0 fully saturated rings. The Morgan fingerprint density at radius 2 is 1.48 bits per heavy atom. The summed E-state index contributed by atoms with van der Waals surface area (Å²) in [5.41, 5.74) is 5.90. The van der Waals surface area contributed by atoms with Crippen LogP contribution in [0.1, 0.15) is 17.3 Å². The summed E-state index contributed by atoms with van der Waals surface area (Å²) in [6.07, 6.45) is 0.929. The summed E-state index contributed by atoms with van der Waals surface area (Å²) in [4.78, 5) is 8.18. The monoisotopic (exact) mass is 344 g/mol. The number of fused-ring (bicyclic) bond motifs is 1. The summed E-state index contributed by atoms with van der Waals surface area (Å²) in [5, 5.41) is 0. The summed E-state index contributed by atoms with van der Waals surface area (Å²) in [6.45, 7) is 0. The molecule has 1 heterocycles. The van der Waals surface area contributed by atoms with Crippen LogP contribution in [0.3, 0.4) is 0 Å². The maximum absolute atomic E-state index is 4.74. The predicted octanol–water partition coefficient (Wildman–Crippen LogP) is 5.49. The molecule has 2 nitrogen and oxygen atoms in total. The van der Waals surface area contributed by atoms with E-state index in [9.17, 15) is 0 Å². The smallest absolute Gasteiger partial charge is 0.111 e.